The van der Waals surface area contributed by atoms with Crippen molar-refractivity contribution in [2.24, 2.45) is 0 Å². The molecule has 0 aromatic heterocycles. The van der Waals surface area contributed by atoms with E-state index >= 15 is 0 Å². The van der Waals surface area contributed by atoms with Gasteiger partial charge < -0.3 is 14.2 Å². The van der Waals surface area contributed by atoms with Crippen LogP contribution in [0.2, 0.25) is 0 Å². The van der Waals surface area contributed by atoms with Crippen LogP contribution in [0.4, 0.5) is 0 Å². The van der Waals surface area contributed by atoms with Crippen LogP contribution in [0.1, 0.15) is 33.1 Å². The highest BCUT2D eigenvalue weighted by Crippen LogP contribution is 2.13. The van der Waals surface area contributed by atoms with Crippen LogP contribution in [0.5, 0.6) is 0 Å². The van der Waals surface area contributed by atoms with Crippen molar-refractivity contribution < 1.29 is 19.0 Å². The van der Waals surface area contributed by atoms with Gasteiger partial charge in [-0.2, -0.15) is 0 Å². The third kappa shape index (κ3) is 4.62. The number of carbonyl (C=O) groups is 1. The number of carbonyl (C=O) groups excluding carboxylic acids is 1. The lowest BCUT2D eigenvalue weighted by atomic mass is 10.1. The van der Waals surface area contributed by atoms with E-state index < -0.39 is 6.10 Å². The lowest BCUT2D eigenvalue weighted by Crippen LogP contribution is -2.30. The molecule has 1 fully saturated rings. The van der Waals surface area contributed by atoms with Crippen LogP contribution >= 0.6 is 0 Å². The first-order valence-electron chi connectivity index (χ1n) is 5.64. The lowest BCUT2D eigenvalue weighted by molar-refractivity contribution is -0.158. The van der Waals surface area contributed by atoms with Gasteiger partial charge in [0, 0.05) is 6.61 Å². The topological polar surface area (TPSA) is 44.8 Å². The Hall–Kier alpha value is -0.610. The molecule has 4 heteroatoms. The van der Waals surface area contributed by atoms with Gasteiger partial charge in [0.05, 0.1) is 19.3 Å². The summed E-state index contributed by atoms with van der Waals surface area (Å²) in [5, 5.41) is 0. The average molecular weight is 216 g/mol. The fourth-order valence-corrected chi connectivity index (χ4v) is 1.52. The molecular weight excluding hydrogens is 196 g/mol. The third-order valence-corrected chi connectivity index (χ3v) is 2.42. The molecule has 1 heterocycles. The Balaban J connectivity index is 2.14. The smallest absolute Gasteiger partial charge is 0.334 e. The van der Waals surface area contributed by atoms with Gasteiger partial charge in [-0.05, 0) is 33.1 Å². The van der Waals surface area contributed by atoms with Crippen LogP contribution in [0, 0.1) is 0 Å². The zero-order valence-corrected chi connectivity index (χ0v) is 9.53. The van der Waals surface area contributed by atoms with E-state index in [1.165, 1.54) is 6.42 Å². The highest BCUT2D eigenvalue weighted by molar-refractivity contribution is 5.74. The maximum Gasteiger partial charge on any atom is 0.334 e. The molecule has 0 N–H and O–H groups in total. The first-order chi connectivity index (χ1) is 7.24. The molecule has 0 aromatic carbocycles. The van der Waals surface area contributed by atoms with E-state index in [0.29, 0.717) is 13.2 Å². The van der Waals surface area contributed by atoms with E-state index in [2.05, 4.69) is 0 Å². The van der Waals surface area contributed by atoms with Gasteiger partial charge in [0.15, 0.2) is 6.10 Å². The Morgan fingerprint density at radius 2 is 2.33 bits per heavy atom. The number of ether oxygens (including phenoxy) is 3. The van der Waals surface area contributed by atoms with Crippen molar-refractivity contribution in [1.82, 2.24) is 0 Å². The van der Waals surface area contributed by atoms with Crippen LogP contribution < -0.4 is 0 Å². The van der Waals surface area contributed by atoms with E-state index in [-0.39, 0.29) is 12.1 Å². The van der Waals surface area contributed by atoms with E-state index in [4.69, 9.17) is 14.2 Å². The normalized spacial score (nSPS) is 23.5. The van der Waals surface area contributed by atoms with Crippen LogP contribution in [0.15, 0.2) is 0 Å². The Morgan fingerprint density at radius 1 is 1.53 bits per heavy atom. The Bertz CT molecular complexity index is 187. The summed E-state index contributed by atoms with van der Waals surface area (Å²) >= 11 is 0. The van der Waals surface area contributed by atoms with Gasteiger partial charge in [-0.3, -0.25) is 0 Å². The van der Waals surface area contributed by atoms with Crippen molar-refractivity contribution in [2.75, 3.05) is 19.8 Å². The van der Waals surface area contributed by atoms with Gasteiger partial charge in [0.1, 0.15) is 0 Å². The standard InChI is InChI=1S/C11H20O4/c1-3-13-11(12)9(2)15-8-10-6-4-5-7-14-10/h9-10H,3-8H2,1-2H3. The minimum Gasteiger partial charge on any atom is -0.464 e. The fraction of sp³-hybridized carbons (Fsp3) is 0.909. The predicted molar refractivity (Wildman–Crippen MR) is 55.6 cm³/mol. The van der Waals surface area contributed by atoms with Crippen molar-refractivity contribution in [3.05, 3.63) is 0 Å². The highest BCUT2D eigenvalue weighted by Gasteiger charge is 2.19. The summed E-state index contributed by atoms with van der Waals surface area (Å²) in [6.07, 6.45) is 2.99. The molecule has 0 aromatic rings. The maximum atomic E-state index is 11.2. The molecular formula is C11H20O4. The summed E-state index contributed by atoms with van der Waals surface area (Å²) in [5.74, 6) is -0.298. The van der Waals surface area contributed by atoms with Gasteiger partial charge >= 0.3 is 5.97 Å². The second kappa shape index (κ2) is 6.80. The summed E-state index contributed by atoms with van der Waals surface area (Å²) in [5.41, 5.74) is 0. The number of esters is 1. The van der Waals surface area contributed by atoms with Gasteiger partial charge in [-0.1, -0.05) is 0 Å². The second-order valence-electron chi connectivity index (χ2n) is 3.72. The quantitative estimate of drug-likeness (QED) is 0.654. The van der Waals surface area contributed by atoms with Crippen LogP contribution in [0.3, 0.4) is 0 Å². The summed E-state index contributed by atoms with van der Waals surface area (Å²) in [6.45, 7) is 5.18. The summed E-state index contributed by atoms with van der Waals surface area (Å²) in [6, 6.07) is 0. The second-order valence-corrected chi connectivity index (χ2v) is 3.72. The highest BCUT2D eigenvalue weighted by atomic mass is 16.6. The molecule has 0 spiro atoms. The first-order valence-corrected chi connectivity index (χ1v) is 5.64. The van der Waals surface area contributed by atoms with E-state index in [0.717, 1.165) is 19.4 Å². The summed E-state index contributed by atoms with van der Waals surface area (Å²) in [4.78, 5) is 11.2. The van der Waals surface area contributed by atoms with Gasteiger partial charge in [-0.15, -0.1) is 0 Å². The maximum absolute atomic E-state index is 11.2. The van der Waals surface area contributed by atoms with Gasteiger partial charge in [0.25, 0.3) is 0 Å². The monoisotopic (exact) mass is 216 g/mol. The van der Waals surface area contributed by atoms with Gasteiger partial charge in [-0.25, -0.2) is 4.79 Å². The summed E-state index contributed by atoms with van der Waals surface area (Å²) < 4.78 is 15.7. The minimum atomic E-state index is -0.490. The van der Waals surface area contributed by atoms with Crippen LogP contribution in [0.25, 0.3) is 0 Å². The molecule has 1 aliphatic heterocycles. The molecule has 0 saturated carbocycles. The van der Waals surface area contributed by atoms with E-state index in [1.807, 2.05) is 0 Å². The van der Waals surface area contributed by atoms with Gasteiger partial charge in [0.2, 0.25) is 0 Å². The largest absolute Gasteiger partial charge is 0.464 e. The molecule has 2 atom stereocenters. The Labute approximate surface area is 90.9 Å². The fourth-order valence-electron chi connectivity index (χ4n) is 1.52. The Morgan fingerprint density at radius 3 is 2.93 bits per heavy atom. The van der Waals surface area contributed by atoms with Crippen molar-refractivity contribution in [2.45, 2.75) is 45.3 Å². The van der Waals surface area contributed by atoms with E-state index in [1.54, 1.807) is 13.8 Å². The molecule has 0 aliphatic carbocycles. The molecule has 15 heavy (non-hydrogen) atoms. The van der Waals surface area contributed by atoms with Crippen molar-refractivity contribution in [1.29, 1.82) is 0 Å². The molecule has 0 amide bonds. The average Bonchev–Trinajstić information content (AvgIpc) is 2.27. The zero-order chi connectivity index (χ0) is 11.1. The number of hydrogen-bond donors (Lipinski definition) is 0. The predicted octanol–water partition coefficient (Wildman–Crippen LogP) is 1.52. The molecule has 0 bridgehead atoms. The first kappa shape index (κ1) is 12.5. The Kier molecular flexibility index (Phi) is 5.65. The molecule has 2 unspecified atom stereocenters. The van der Waals surface area contributed by atoms with Crippen LogP contribution in [-0.2, 0) is 19.0 Å². The zero-order valence-electron chi connectivity index (χ0n) is 9.53. The van der Waals surface area contributed by atoms with Crippen molar-refractivity contribution >= 4 is 5.97 Å². The third-order valence-electron chi connectivity index (χ3n) is 2.42. The molecule has 1 saturated heterocycles. The molecule has 1 rings (SSSR count). The summed E-state index contributed by atoms with van der Waals surface area (Å²) in [7, 11) is 0. The van der Waals surface area contributed by atoms with E-state index in [9.17, 15) is 4.79 Å². The molecule has 1 aliphatic rings. The number of rotatable bonds is 5. The lowest BCUT2D eigenvalue weighted by Gasteiger charge is -2.23. The molecule has 4 nitrogen and oxygen atoms in total. The van der Waals surface area contributed by atoms with Crippen molar-refractivity contribution in [3.63, 3.8) is 0 Å². The molecule has 88 valence electrons. The minimum absolute atomic E-state index is 0.149. The van der Waals surface area contributed by atoms with Crippen molar-refractivity contribution in [3.8, 4) is 0 Å². The SMILES string of the molecule is CCOC(=O)C(C)OCC1CCCCO1. The van der Waals surface area contributed by atoms with Crippen LogP contribution in [-0.4, -0.2) is 38.0 Å². The number of hydrogen-bond acceptors (Lipinski definition) is 4. The molecule has 0 radical (unpaired) electrons.